The first-order chi connectivity index (χ1) is 9.21. The van der Waals surface area contributed by atoms with E-state index < -0.39 is 0 Å². The van der Waals surface area contributed by atoms with Crippen LogP contribution in [0.4, 0.5) is 0 Å². The summed E-state index contributed by atoms with van der Waals surface area (Å²) in [7, 11) is 0. The van der Waals surface area contributed by atoms with Crippen LogP contribution in [-0.4, -0.2) is 9.78 Å². The first kappa shape index (κ1) is 14.6. The van der Waals surface area contributed by atoms with Crippen LogP contribution < -0.4 is 5.56 Å². The number of nitrogens with zero attached hydrogens (tertiary/aromatic N) is 1. The number of aromatic nitrogens is 2. The van der Waals surface area contributed by atoms with E-state index in [2.05, 4.69) is 58.8 Å². The van der Waals surface area contributed by atoms with Crippen molar-refractivity contribution in [3.05, 3.63) is 51.4 Å². The molecule has 0 fully saturated rings. The van der Waals surface area contributed by atoms with Gasteiger partial charge in [0.15, 0.2) is 0 Å². The smallest absolute Gasteiger partial charge is 0.268 e. The van der Waals surface area contributed by atoms with Crippen LogP contribution in [0.3, 0.4) is 0 Å². The monoisotopic (exact) mass is 272 g/mol. The Hall–Kier alpha value is -1.77. The number of aryl methyl sites for hydroxylation is 1. The SMILES string of the molecule is Cc1ccc(-n2[nH]c(=O)c(C(C)(C)C)c2C(C)C)cc1. The summed E-state index contributed by atoms with van der Waals surface area (Å²) in [5, 5.41) is 3.00. The fourth-order valence-electron chi connectivity index (χ4n) is 2.61. The van der Waals surface area contributed by atoms with Crippen LogP contribution in [0.15, 0.2) is 29.1 Å². The van der Waals surface area contributed by atoms with Gasteiger partial charge in [-0.25, -0.2) is 0 Å². The zero-order valence-electron chi connectivity index (χ0n) is 13.2. The number of hydrogen-bond donors (Lipinski definition) is 1. The van der Waals surface area contributed by atoms with E-state index in [1.807, 2.05) is 16.8 Å². The number of nitrogens with one attached hydrogen (secondary N) is 1. The molecule has 20 heavy (non-hydrogen) atoms. The summed E-state index contributed by atoms with van der Waals surface area (Å²) in [5.41, 5.74) is 4.03. The van der Waals surface area contributed by atoms with Gasteiger partial charge in [0.05, 0.1) is 11.4 Å². The topological polar surface area (TPSA) is 37.8 Å². The highest BCUT2D eigenvalue weighted by Gasteiger charge is 2.27. The Labute approximate surface area is 120 Å². The summed E-state index contributed by atoms with van der Waals surface area (Å²) >= 11 is 0. The minimum atomic E-state index is -0.164. The normalized spacial score (nSPS) is 12.2. The van der Waals surface area contributed by atoms with Crippen molar-refractivity contribution < 1.29 is 0 Å². The maximum absolute atomic E-state index is 12.4. The highest BCUT2D eigenvalue weighted by molar-refractivity contribution is 5.39. The van der Waals surface area contributed by atoms with Gasteiger partial charge in [-0.3, -0.25) is 14.6 Å². The zero-order chi connectivity index (χ0) is 15.1. The standard InChI is InChI=1S/C17H24N2O/c1-11(2)15-14(17(4,5)6)16(20)18-19(15)13-9-7-12(3)8-10-13/h7-11H,1-6H3,(H,18,20). The first-order valence-corrected chi connectivity index (χ1v) is 7.14. The molecule has 0 spiro atoms. The Bertz CT molecular complexity index is 652. The Morgan fingerprint density at radius 3 is 2.10 bits per heavy atom. The molecule has 0 aliphatic carbocycles. The first-order valence-electron chi connectivity index (χ1n) is 7.14. The van der Waals surface area contributed by atoms with Crippen LogP contribution in [0.2, 0.25) is 0 Å². The van der Waals surface area contributed by atoms with E-state index in [0.29, 0.717) is 0 Å². The lowest BCUT2D eigenvalue weighted by molar-refractivity contribution is 0.569. The highest BCUT2D eigenvalue weighted by Crippen LogP contribution is 2.29. The van der Waals surface area contributed by atoms with Crippen molar-refractivity contribution in [3.63, 3.8) is 0 Å². The quantitative estimate of drug-likeness (QED) is 0.884. The van der Waals surface area contributed by atoms with E-state index in [1.165, 1.54) is 5.56 Å². The molecule has 0 unspecified atom stereocenters. The van der Waals surface area contributed by atoms with Gasteiger partial charge in [-0.05, 0) is 30.4 Å². The van der Waals surface area contributed by atoms with Crippen LogP contribution >= 0.6 is 0 Å². The maximum Gasteiger partial charge on any atom is 0.268 e. The molecule has 108 valence electrons. The van der Waals surface area contributed by atoms with E-state index in [-0.39, 0.29) is 16.9 Å². The summed E-state index contributed by atoms with van der Waals surface area (Å²) < 4.78 is 1.94. The molecular formula is C17H24N2O. The van der Waals surface area contributed by atoms with Crippen molar-refractivity contribution in [2.24, 2.45) is 0 Å². The predicted molar refractivity (Wildman–Crippen MR) is 83.9 cm³/mol. The fraction of sp³-hybridized carbons (Fsp3) is 0.471. The summed E-state index contributed by atoms with van der Waals surface area (Å²) in [4.78, 5) is 12.4. The van der Waals surface area contributed by atoms with Gasteiger partial charge in [-0.2, -0.15) is 0 Å². The summed E-state index contributed by atoms with van der Waals surface area (Å²) in [6.45, 7) is 12.6. The molecule has 1 heterocycles. The highest BCUT2D eigenvalue weighted by atomic mass is 16.1. The molecule has 0 atom stereocenters. The van der Waals surface area contributed by atoms with Gasteiger partial charge >= 0.3 is 0 Å². The number of benzene rings is 1. The van der Waals surface area contributed by atoms with Crippen LogP contribution in [0, 0.1) is 6.92 Å². The lowest BCUT2D eigenvalue weighted by Gasteiger charge is -2.21. The molecule has 2 aromatic rings. The molecule has 2 rings (SSSR count). The van der Waals surface area contributed by atoms with Gasteiger partial charge < -0.3 is 0 Å². The van der Waals surface area contributed by atoms with Crippen molar-refractivity contribution in [1.29, 1.82) is 0 Å². The van der Waals surface area contributed by atoms with Gasteiger partial charge in [0.1, 0.15) is 0 Å². The summed E-state index contributed by atoms with van der Waals surface area (Å²) in [5.74, 6) is 0.282. The number of rotatable bonds is 2. The van der Waals surface area contributed by atoms with Crippen LogP contribution in [0.1, 0.15) is 57.4 Å². The molecule has 0 radical (unpaired) electrons. The van der Waals surface area contributed by atoms with Crippen molar-refractivity contribution in [1.82, 2.24) is 9.78 Å². The third-order valence-electron chi connectivity index (χ3n) is 3.53. The van der Waals surface area contributed by atoms with Crippen molar-refractivity contribution in [2.75, 3.05) is 0 Å². The average molecular weight is 272 g/mol. The second-order valence-electron chi connectivity index (χ2n) is 6.78. The summed E-state index contributed by atoms with van der Waals surface area (Å²) in [6.07, 6.45) is 0. The van der Waals surface area contributed by atoms with Gasteiger partial charge in [-0.15, -0.1) is 0 Å². The lowest BCUT2D eigenvalue weighted by atomic mass is 9.84. The zero-order valence-corrected chi connectivity index (χ0v) is 13.2. The lowest BCUT2D eigenvalue weighted by Crippen LogP contribution is -2.22. The number of H-pyrrole nitrogens is 1. The maximum atomic E-state index is 12.4. The fourth-order valence-corrected chi connectivity index (χ4v) is 2.61. The minimum Gasteiger partial charge on any atom is -0.268 e. The molecule has 3 nitrogen and oxygen atoms in total. The van der Waals surface area contributed by atoms with E-state index in [4.69, 9.17) is 0 Å². The molecule has 0 amide bonds. The summed E-state index contributed by atoms with van der Waals surface area (Å²) in [6, 6.07) is 8.22. The van der Waals surface area contributed by atoms with Crippen molar-refractivity contribution in [3.8, 4) is 5.69 Å². The van der Waals surface area contributed by atoms with Crippen LogP contribution in [-0.2, 0) is 5.41 Å². The average Bonchev–Trinajstić information content (AvgIpc) is 2.67. The molecular weight excluding hydrogens is 248 g/mol. The number of hydrogen-bond acceptors (Lipinski definition) is 1. The second-order valence-corrected chi connectivity index (χ2v) is 6.78. The van der Waals surface area contributed by atoms with Crippen LogP contribution in [0.25, 0.3) is 5.69 Å². The molecule has 1 N–H and O–H groups in total. The van der Waals surface area contributed by atoms with Crippen molar-refractivity contribution >= 4 is 0 Å². The predicted octanol–water partition coefficient (Wildman–Crippen LogP) is 3.89. The van der Waals surface area contributed by atoms with E-state index in [0.717, 1.165) is 16.9 Å². The van der Waals surface area contributed by atoms with Gasteiger partial charge in [0.25, 0.3) is 5.56 Å². The molecule has 0 bridgehead atoms. The number of aromatic amines is 1. The molecule has 1 aromatic carbocycles. The Morgan fingerprint density at radius 1 is 1.10 bits per heavy atom. The van der Waals surface area contributed by atoms with Crippen LogP contribution in [0.5, 0.6) is 0 Å². The van der Waals surface area contributed by atoms with E-state index >= 15 is 0 Å². The minimum absolute atomic E-state index is 0.0155. The largest absolute Gasteiger partial charge is 0.268 e. The molecule has 0 aliphatic rings. The Morgan fingerprint density at radius 2 is 1.65 bits per heavy atom. The molecule has 0 saturated heterocycles. The Kier molecular flexibility index (Phi) is 3.63. The second kappa shape index (κ2) is 4.97. The Balaban J connectivity index is 2.72. The van der Waals surface area contributed by atoms with Gasteiger partial charge in [-0.1, -0.05) is 52.3 Å². The molecule has 3 heteroatoms. The van der Waals surface area contributed by atoms with Gasteiger partial charge in [0.2, 0.25) is 0 Å². The molecule has 1 aromatic heterocycles. The molecule has 0 aliphatic heterocycles. The van der Waals surface area contributed by atoms with Crippen molar-refractivity contribution in [2.45, 2.75) is 52.9 Å². The van der Waals surface area contributed by atoms with E-state index in [1.54, 1.807) is 0 Å². The molecule has 0 saturated carbocycles. The third-order valence-corrected chi connectivity index (χ3v) is 3.53. The third kappa shape index (κ3) is 2.58. The van der Waals surface area contributed by atoms with Gasteiger partial charge in [0, 0.05) is 5.56 Å². The van der Waals surface area contributed by atoms with E-state index in [9.17, 15) is 4.79 Å².